The van der Waals surface area contributed by atoms with Gasteiger partial charge in [-0.1, -0.05) is 20.8 Å². The van der Waals surface area contributed by atoms with Crippen molar-refractivity contribution in [2.75, 3.05) is 26.2 Å². The highest BCUT2D eigenvalue weighted by atomic mass is 15.2. The third-order valence-corrected chi connectivity index (χ3v) is 2.99. The number of nitrogens with one attached hydrogen (secondary N) is 1. The molecule has 1 saturated heterocycles. The van der Waals surface area contributed by atoms with E-state index < -0.39 is 0 Å². The molecule has 2 heterocycles. The van der Waals surface area contributed by atoms with Crippen molar-refractivity contribution in [2.45, 2.75) is 32.7 Å². The zero-order chi connectivity index (χ0) is 12.3. The van der Waals surface area contributed by atoms with Crippen LogP contribution in [-0.2, 0) is 12.0 Å². The van der Waals surface area contributed by atoms with Gasteiger partial charge in [0.1, 0.15) is 5.82 Å². The molecule has 94 valence electrons. The van der Waals surface area contributed by atoms with Crippen molar-refractivity contribution < 1.29 is 0 Å². The standard InChI is InChI=1S/C13H22N4/c1-13(2,3)12-15-8-11(9-16-12)10-17-6-4-14-5-7-17/h8-9,14H,4-7,10H2,1-3H3. The van der Waals surface area contributed by atoms with Gasteiger partial charge in [-0.3, -0.25) is 4.90 Å². The topological polar surface area (TPSA) is 41.1 Å². The predicted molar refractivity (Wildman–Crippen MR) is 68.9 cm³/mol. The second kappa shape index (κ2) is 5.10. The van der Waals surface area contributed by atoms with Crippen LogP contribution in [0.4, 0.5) is 0 Å². The average Bonchev–Trinajstić information content (AvgIpc) is 2.30. The molecule has 1 aliphatic rings. The molecule has 0 atom stereocenters. The number of aromatic nitrogens is 2. The van der Waals surface area contributed by atoms with Gasteiger partial charge in [-0.25, -0.2) is 9.97 Å². The van der Waals surface area contributed by atoms with Crippen LogP contribution in [0.3, 0.4) is 0 Å². The van der Waals surface area contributed by atoms with Crippen LogP contribution in [0.15, 0.2) is 12.4 Å². The molecule has 0 aliphatic carbocycles. The van der Waals surface area contributed by atoms with Crippen molar-refractivity contribution in [2.24, 2.45) is 0 Å². The van der Waals surface area contributed by atoms with Gasteiger partial charge in [-0.2, -0.15) is 0 Å². The molecule has 0 radical (unpaired) electrons. The molecular formula is C13H22N4. The number of nitrogens with zero attached hydrogens (tertiary/aromatic N) is 3. The van der Waals surface area contributed by atoms with Crippen LogP contribution >= 0.6 is 0 Å². The summed E-state index contributed by atoms with van der Waals surface area (Å²) >= 11 is 0. The quantitative estimate of drug-likeness (QED) is 0.834. The van der Waals surface area contributed by atoms with Crippen LogP contribution in [0.5, 0.6) is 0 Å². The Bertz CT molecular complexity index is 347. The van der Waals surface area contributed by atoms with Crippen LogP contribution in [0.25, 0.3) is 0 Å². The Labute approximate surface area is 103 Å². The van der Waals surface area contributed by atoms with E-state index in [9.17, 15) is 0 Å². The van der Waals surface area contributed by atoms with E-state index in [0.29, 0.717) is 0 Å². The van der Waals surface area contributed by atoms with Crippen molar-refractivity contribution in [1.82, 2.24) is 20.2 Å². The van der Waals surface area contributed by atoms with Crippen molar-refractivity contribution in [1.29, 1.82) is 0 Å². The lowest BCUT2D eigenvalue weighted by Gasteiger charge is -2.27. The van der Waals surface area contributed by atoms with Gasteiger partial charge < -0.3 is 5.32 Å². The summed E-state index contributed by atoms with van der Waals surface area (Å²) in [6.07, 6.45) is 3.94. The molecule has 1 N–H and O–H groups in total. The highest BCUT2D eigenvalue weighted by molar-refractivity contribution is 5.09. The highest BCUT2D eigenvalue weighted by Gasteiger charge is 2.17. The molecule has 1 aromatic rings. The lowest BCUT2D eigenvalue weighted by atomic mass is 9.96. The Balaban J connectivity index is 1.98. The van der Waals surface area contributed by atoms with Gasteiger partial charge in [-0.15, -0.1) is 0 Å². The zero-order valence-electron chi connectivity index (χ0n) is 11.0. The summed E-state index contributed by atoms with van der Waals surface area (Å²) in [5, 5.41) is 3.36. The van der Waals surface area contributed by atoms with E-state index in [1.54, 1.807) is 0 Å². The van der Waals surface area contributed by atoms with Crippen LogP contribution in [0.2, 0.25) is 0 Å². The molecule has 1 fully saturated rings. The first kappa shape index (κ1) is 12.5. The van der Waals surface area contributed by atoms with Gasteiger partial charge in [0, 0.05) is 56.1 Å². The molecule has 4 heteroatoms. The minimum absolute atomic E-state index is 0.0353. The van der Waals surface area contributed by atoms with E-state index in [-0.39, 0.29) is 5.41 Å². The van der Waals surface area contributed by atoms with E-state index in [2.05, 4.69) is 41.0 Å². The summed E-state index contributed by atoms with van der Waals surface area (Å²) in [7, 11) is 0. The average molecular weight is 234 g/mol. The maximum absolute atomic E-state index is 4.46. The fourth-order valence-electron chi connectivity index (χ4n) is 1.95. The first-order chi connectivity index (χ1) is 8.05. The molecular weight excluding hydrogens is 212 g/mol. The van der Waals surface area contributed by atoms with Gasteiger partial charge in [0.05, 0.1) is 0 Å². The number of rotatable bonds is 2. The highest BCUT2D eigenvalue weighted by Crippen LogP contribution is 2.17. The van der Waals surface area contributed by atoms with Crippen molar-refractivity contribution >= 4 is 0 Å². The van der Waals surface area contributed by atoms with E-state index in [0.717, 1.165) is 38.5 Å². The molecule has 0 saturated carbocycles. The summed E-state index contributed by atoms with van der Waals surface area (Å²) < 4.78 is 0. The van der Waals surface area contributed by atoms with Crippen LogP contribution in [0.1, 0.15) is 32.2 Å². The summed E-state index contributed by atoms with van der Waals surface area (Å²) in [5.41, 5.74) is 1.24. The van der Waals surface area contributed by atoms with E-state index >= 15 is 0 Å². The van der Waals surface area contributed by atoms with E-state index in [1.165, 1.54) is 5.56 Å². The third-order valence-electron chi connectivity index (χ3n) is 2.99. The molecule has 4 nitrogen and oxygen atoms in total. The van der Waals surface area contributed by atoms with Gasteiger partial charge >= 0.3 is 0 Å². The second-order valence-electron chi connectivity index (χ2n) is 5.69. The fraction of sp³-hybridized carbons (Fsp3) is 0.692. The lowest BCUT2D eigenvalue weighted by Crippen LogP contribution is -2.42. The Morgan fingerprint density at radius 2 is 1.76 bits per heavy atom. The molecule has 0 aromatic carbocycles. The molecule has 1 aliphatic heterocycles. The smallest absolute Gasteiger partial charge is 0.133 e. The van der Waals surface area contributed by atoms with Crippen LogP contribution in [0, 0.1) is 0 Å². The third kappa shape index (κ3) is 3.48. The largest absolute Gasteiger partial charge is 0.314 e. The maximum Gasteiger partial charge on any atom is 0.133 e. The van der Waals surface area contributed by atoms with Crippen molar-refractivity contribution in [3.05, 3.63) is 23.8 Å². The molecule has 17 heavy (non-hydrogen) atoms. The molecule has 0 spiro atoms. The normalized spacial score (nSPS) is 18.3. The van der Waals surface area contributed by atoms with Gasteiger partial charge in [-0.05, 0) is 0 Å². The van der Waals surface area contributed by atoms with Crippen molar-refractivity contribution in [3.8, 4) is 0 Å². The number of hydrogen-bond acceptors (Lipinski definition) is 4. The van der Waals surface area contributed by atoms with Crippen LogP contribution in [-0.4, -0.2) is 41.0 Å². The first-order valence-electron chi connectivity index (χ1n) is 6.30. The van der Waals surface area contributed by atoms with Gasteiger partial charge in [0.15, 0.2) is 0 Å². The summed E-state index contributed by atoms with van der Waals surface area (Å²) in [6, 6.07) is 0. The van der Waals surface area contributed by atoms with Gasteiger partial charge in [0.2, 0.25) is 0 Å². The predicted octanol–water partition coefficient (Wildman–Crippen LogP) is 1.18. The fourth-order valence-corrected chi connectivity index (χ4v) is 1.95. The summed E-state index contributed by atoms with van der Waals surface area (Å²) in [4.78, 5) is 11.4. The maximum atomic E-state index is 4.46. The molecule has 0 amide bonds. The molecule has 1 aromatic heterocycles. The summed E-state index contributed by atoms with van der Waals surface area (Å²) in [5.74, 6) is 0.918. The Hall–Kier alpha value is -1.00. The molecule has 2 rings (SSSR count). The Morgan fingerprint density at radius 3 is 2.29 bits per heavy atom. The Morgan fingerprint density at radius 1 is 1.18 bits per heavy atom. The summed E-state index contributed by atoms with van der Waals surface area (Å²) in [6.45, 7) is 11.8. The monoisotopic (exact) mass is 234 g/mol. The Kier molecular flexibility index (Phi) is 3.74. The first-order valence-corrected chi connectivity index (χ1v) is 6.30. The van der Waals surface area contributed by atoms with Crippen molar-refractivity contribution in [3.63, 3.8) is 0 Å². The van der Waals surface area contributed by atoms with Gasteiger partial charge in [0.25, 0.3) is 0 Å². The molecule has 0 unspecified atom stereocenters. The number of piperazine rings is 1. The molecule has 0 bridgehead atoms. The zero-order valence-corrected chi connectivity index (χ0v) is 11.0. The lowest BCUT2D eigenvalue weighted by molar-refractivity contribution is 0.232. The second-order valence-corrected chi connectivity index (χ2v) is 5.69. The SMILES string of the molecule is CC(C)(C)c1ncc(CN2CCNCC2)cn1. The number of hydrogen-bond donors (Lipinski definition) is 1. The van der Waals surface area contributed by atoms with Crippen LogP contribution < -0.4 is 5.32 Å². The minimum atomic E-state index is 0.0353. The van der Waals surface area contributed by atoms with E-state index in [4.69, 9.17) is 0 Å². The van der Waals surface area contributed by atoms with E-state index in [1.807, 2.05) is 12.4 Å². The minimum Gasteiger partial charge on any atom is -0.314 e.